The molecule has 0 radical (unpaired) electrons. The maximum Gasteiger partial charge on any atom is 0.338 e. The smallest absolute Gasteiger partial charge is 0.338 e. The van der Waals surface area contributed by atoms with Gasteiger partial charge in [-0.25, -0.2) is 0 Å². The van der Waals surface area contributed by atoms with Gasteiger partial charge in [-0.3, -0.25) is 0 Å². The van der Waals surface area contributed by atoms with Gasteiger partial charge in [0.2, 0.25) is 0 Å². The van der Waals surface area contributed by atoms with E-state index < -0.39 is 8.56 Å². The lowest BCUT2D eigenvalue weighted by Gasteiger charge is -2.29. The van der Waals surface area contributed by atoms with Crippen LogP contribution in [0.3, 0.4) is 0 Å². The van der Waals surface area contributed by atoms with Crippen LogP contribution in [0.2, 0.25) is 12.1 Å². The van der Waals surface area contributed by atoms with Crippen molar-refractivity contribution in [1.29, 1.82) is 0 Å². The molecule has 1 rings (SSSR count). The zero-order valence-electron chi connectivity index (χ0n) is 11.8. The van der Waals surface area contributed by atoms with Gasteiger partial charge in [0.15, 0.2) is 0 Å². The number of rotatable bonds is 7. The minimum Gasteiger partial charge on any atom is -0.508 e. The van der Waals surface area contributed by atoms with Crippen LogP contribution in [0.1, 0.15) is 19.4 Å². The summed E-state index contributed by atoms with van der Waals surface area (Å²) in [6.07, 6.45) is 0.931. The highest BCUT2D eigenvalue weighted by molar-refractivity contribution is 6.67. The fourth-order valence-electron chi connectivity index (χ4n) is 2.18. The van der Waals surface area contributed by atoms with Gasteiger partial charge >= 0.3 is 8.56 Å². The van der Waals surface area contributed by atoms with E-state index in [4.69, 9.17) is 8.85 Å². The van der Waals surface area contributed by atoms with Crippen molar-refractivity contribution < 1.29 is 14.0 Å². The summed E-state index contributed by atoms with van der Waals surface area (Å²) in [4.78, 5) is 0. The summed E-state index contributed by atoms with van der Waals surface area (Å²) in [6.45, 7) is 4.39. The summed E-state index contributed by atoms with van der Waals surface area (Å²) in [5.41, 5.74) is 1.21. The van der Waals surface area contributed by atoms with E-state index in [1.807, 2.05) is 12.1 Å². The summed E-state index contributed by atoms with van der Waals surface area (Å²) in [5, 5.41) is 9.26. The summed E-state index contributed by atoms with van der Waals surface area (Å²) >= 11 is 0. The average Bonchev–Trinajstić information content (AvgIpc) is 2.36. The molecule has 0 heterocycles. The molecule has 0 fully saturated rings. The number of aryl methyl sites for hydroxylation is 1. The Hall–Kier alpha value is -0.843. The number of hydrogen-bond acceptors (Lipinski definition) is 3. The molecular weight excluding hydrogens is 244 g/mol. The molecule has 0 bridgehead atoms. The van der Waals surface area contributed by atoms with Crippen LogP contribution < -0.4 is 0 Å². The van der Waals surface area contributed by atoms with Gasteiger partial charge in [-0.2, -0.15) is 0 Å². The molecule has 0 aliphatic carbocycles. The van der Waals surface area contributed by atoms with Gasteiger partial charge in [-0.1, -0.05) is 26.0 Å². The fourth-order valence-corrected chi connectivity index (χ4v) is 5.20. The monoisotopic (exact) mass is 268 g/mol. The number of benzene rings is 1. The maximum atomic E-state index is 9.26. The third-order valence-corrected chi connectivity index (χ3v) is 7.13. The predicted molar refractivity (Wildman–Crippen MR) is 76.0 cm³/mol. The Bertz CT molecular complexity index is 345. The van der Waals surface area contributed by atoms with Gasteiger partial charge in [0.05, 0.1) is 0 Å². The molecule has 0 unspecified atom stereocenters. The minimum absolute atomic E-state index is 0.308. The van der Waals surface area contributed by atoms with Crippen LogP contribution in [-0.4, -0.2) is 27.9 Å². The summed E-state index contributed by atoms with van der Waals surface area (Å²) in [6, 6.07) is 9.31. The number of phenols is 1. The van der Waals surface area contributed by atoms with E-state index >= 15 is 0 Å². The van der Waals surface area contributed by atoms with E-state index in [2.05, 4.69) is 13.8 Å². The van der Waals surface area contributed by atoms with Crippen LogP contribution in [0.4, 0.5) is 0 Å². The normalized spacial score (nSPS) is 12.1. The van der Waals surface area contributed by atoms with Gasteiger partial charge in [0.1, 0.15) is 5.75 Å². The Balaban J connectivity index is 2.64. The Morgan fingerprint density at radius 2 is 1.67 bits per heavy atom. The lowest BCUT2D eigenvalue weighted by atomic mass is 10.2. The first-order valence-corrected chi connectivity index (χ1v) is 8.62. The summed E-state index contributed by atoms with van der Waals surface area (Å²) < 4.78 is 11.4. The van der Waals surface area contributed by atoms with Crippen LogP contribution in [-0.2, 0) is 15.3 Å². The molecule has 1 aromatic rings. The van der Waals surface area contributed by atoms with Crippen molar-refractivity contribution in [2.45, 2.75) is 32.4 Å². The second-order valence-electron chi connectivity index (χ2n) is 5.08. The number of phenolic OH excluding ortho intramolecular Hbond substituents is 1. The Morgan fingerprint density at radius 3 is 2.11 bits per heavy atom. The Kier molecular flexibility index (Phi) is 5.85. The highest BCUT2D eigenvalue weighted by Gasteiger charge is 2.35. The quantitative estimate of drug-likeness (QED) is 0.771. The van der Waals surface area contributed by atoms with E-state index in [1.165, 1.54) is 5.56 Å². The standard InChI is InChI=1S/C14H24O3Si/c1-12(2)11-18(16-3,17-4)10-9-13-5-7-14(15)8-6-13/h5-8,12,15H,9-11H2,1-4H3. The molecule has 0 atom stereocenters. The molecule has 0 aromatic heterocycles. The third kappa shape index (κ3) is 4.44. The van der Waals surface area contributed by atoms with Crippen molar-refractivity contribution in [1.82, 2.24) is 0 Å². The molecule has 102 valence electrons. The molecule has 0 saturated carbocycles. The molecule has 0 amide bonds. The third-order valence-electron chi connectivity index (χ3n) is 3.19. The molecule has 0 aliphatic heterocycles. The largest absolute Gasteiger partial charge is 0.508 e. The van der Waals surface area contributed by atoms with E-state index in [-0.39, 0.29) is 0 Å². The van der Waals surface area contributed by atoms with E-state index in [9.17, 15) is 5.11 Å². The molecule has 4 heteroatoms. The van der Waals surface area contributed by atoms with Crippen molar-refractivity contribution in [2.75, 3.05) is 14.2 Å². The summed E-state index contributed by atoms with van der Waals surface area (Å²) in [5.74, 6) is 0.888. The Labute approximate surface area is 111 Å². The zero-order chi connectivity index (χ0) is 13.6. The average molecular weight is 268 g/mol. The molecule has 1 N–H and O–H groups in total. The molecule has 0 saturated heterocycles. The van der Waals surface area contributed by atoms with Crippen LogP contribution in [0.5, 0.6) is 5.75 Å². The maximum absolute atomic E-state index is 9.26. The highest BCUT2D eigenvalue weighted by Crippen LogP contribution is 2.25. The van der Waals surface area contributed by atoms with Gasteiger partial charge in [0, 0.05) is 14.2 Å². The molecule has 1 aromatic carbocycles. The van der Waals surface area contributed by atoms with Gasteiger partial charge in [-0.15, -0.1) is 0 Å². The van der Waals surface area contributed by atoms with E-state index in [0.29, 0.717) is 11.7 Å². The molecule has 0 spiro atoms. The summed E-state index contributed by atoms with van der Waals surface area (Å²) in [7, 11) is 1.45. The second-order valence-corrected chi connectivity index (χ2v) is 8.63. The number of hydrogen-bond donors (Lipinski definition) is 1. The van der Waals surface area contributed by atoms with Gasteiger partial charge in [-0.05, 0) is 42.1 Å². The first-order valence-electron chi connectivity index (χ1n) is 6.39. The zero-order valence-corrected chi connectivity index (χ0v) is 12.8. The minimum atomic E-state index is -2.07. The topological polar surface area (TPSA) is 38.7 Å². The van der Waals surface area contributed by atoms with Crippen LogP contribution in [0, 0.1) is 5.92 Å². The molecule has 3 nitrogen and oxygen atoms in total. The van der Waals surface area contributed by atoms with Crippen molar-refractivity contribution in [2.24, 2.45) is 5.92 Å². The molecule has 0 aliphatic rings. The predicted octanol–water partition coefficient (Wildman–Crippen LogP) is 3.33. The van der Waals surface area contributed by atoms with Gasteiger partial charge in [0.25, 0.3) is 0 Å². The van der Waals surface area contributed by atoms with Crippen molar-refractivity contribution in [3.8, 4) is 5.75 Å². The number of aromatic hydroxyl groups is 1. The fraction of sp³-hybridized carbons (Fsp3) is 0.571. The SMILES string of the molecule is CO[Si](CCc1ccc(O)cc1)(CC(C)C)OC. The van der Waals surface area contributed by atoms with Crippen molar-refractivity contribution >= 4 is 8.56 Å². The second kappa shape index (κ2) is 6.92. The molecular formula is C14H24O3Si. The van der Waals surface area contributed by atoms with Crippen LogP contribution in [0.15, 0.2) is 24.3 Å². The molecule has 18 heavy (non-hydrogen) atoms. The van der Waals surface area contributed by atoms with Crippen LogP contribution in [0.25, 0.3) is 0 Å². The first kappa shape index (κ1) is 15.2. The van der Waals surface area contributed by atoms with Crippen molar-refractivity contribution in [3.63, 3.8) is 0 Å². The highest BCUT2D eigenvalue weighted by atomic mass is 28.4. The lowest BCUT2D eigenvalue weighted by molar-refractivity contribution is 0.236. The van der Waals surface area contributed by atoms with E-state index in [1.54, 1.807) is 26.4 Å². The lowest BCUT2D eigenvalue weighted by Crippen LogP contribution is -2.41. The van der Waals surface area contributed by atoms with Crippen molar-refractivity contribution in [3.05, 3.63) is 29.8 Å². The Morgan fingerprint density at radius 1 is 1.11 bits per heavy atom. The van der Waals surface area contributed by atoms with Crippen LogP contribution >= 0.6 is 0 Å². The van der Waals surface area contributed by atoms with E-state index in [0.717, 1.165) is 18.5 Å². The first-order chi connectivity index (χ1) is 8.51. The van der Waals surface area contributed by atoms with Gasteiger partial charge < -0.3 is 14.0 Å².